The highest BCUT2D eigenvalue weighted by Crippen LogP contribution is 2.28. The van der Waals surface area contributed by atoms with Crippen LogP contribution in [-0.2, 0) is 4.79 Å². The average molecular weight is 427 g/mol. The first-order valence-corrected chi connectivity index (χ1v) is 10.2. The number of amides is 1. The highest BCUT2D eigenvalue weighted by molar-refractivity contribution is 6.36. The molecular weight excluding hydrogens is 407 g/mol. The number of halogens is 2. The van der Waals surface area contributed by atoms with Gasteiger partial charge in [-0.3, -0.25) is 4.79 Å². The zero-order chi connectivity index (χ0) is 20.2. The summed E-state index contributed by atoms with van der Waals surface area (Å²) in [5.41, 5.74) is 2.49. The molecule has 2 heterocycles. The van der Waals surface area contributed by atoms with Gasteiger partial charge in [0.1, 0.15) is 12.1 Å². The van der Waals surface area contributed by atoms with Crippen LogP contribution in [0.3, 0.4) is 0 Å². The highest BCUT2D eigenvalue weighted by Gasteiger charge is 2.27. The molecule has 1 atom stereocenters. The van der Waals surface area contributed by atoms with Crippen LogP contribution in [0, 0.1) is 5.92 Å². The Bertz CT molecular complexity index is 1010. The van der Waals surface area contributed by atoms with Gasteiger partial charge in [0.15, 0.2) is 0 Å². The van der Waals surface area contributed by atoms with E-state index in [1.807, 2.05) is 36.4 Å². The molecule has 1 fully saturated rings. The number of hydrogen-bond acceptors (Lipinski definition) is 4. The predicted molar refractivity (Wildman–Crippen MR) is 117 cm³/mol. The number of anilines is 2. The number of piperidine rings is 1. The van der Waals surface area contributed by atoms with E-state index in [1.165, 1.54) is 0 Å². The molecule has 1 N–H and O–H groups in total. The van der Waals surface area contributed by atoms with Crippen molar-refractivity contribution in [2.24, 2.45) is 5.92 Å². The van der Waals surface area contributed by atoms with Crippen molar-refractivity contribution in [3.05, 3.63) is 71.0 Å². The molecule has 2 aromatic carbocycles. The van der Waals surface area contributed by atoms with Crippen molar-refractivity contribution in [2.45, 2.75) is 12.8 Å². The Morgan fingerprint density at radius 1 is 1.07 bits per heavy atom. The maximum absolute atomic E-state index is 12.8. The van der Waals surface area contributed by atoms with Crippen molar-refractivity contribution in [3.63, 3.8) is 0 Å². The minimum Gasteiger partial charge on any atom is -0.356 e. The third-order valence-electron chi connectivity index (χ3n) is 5.03. The Labute approximate surface area is 179 Å². The largest absolute Gasteiger partial charge is 0.356 e. The SMILES string of the molecule is O=C(Nc1ccc(Cl)cc1Cl)C1CCCN(c2cc(-c3ccccc3)ncn2)C1. The third kappa shape index (κ3) is 4.69. The average Bonchev–Trinajstić information content (AvgIpc) is 2.76. The Hall–Kier alpha value is -2.63. The number of rotatable bonds is 4. The first kappa shape index (κ1) is 19.7. The van der Waals surface area contributed by atoms with E-state index < -0.39 is 0 Å². The Balaban J connectivity index is 1.48. The van der Waals surface area contributed by atoms with Crippen LogP contribution in [0.4, 0.5) is 11.5 Å². The minimum absolute atomic E-state index is 0.0451. The molecule has 1 saturated heterocycles. The molecule has 148 valence electrons. The molecule has 1 aromatic heterocycles. The van der Waals surface area contributed by atoms with Crippen LogP contribution in [-0.4, -0.2) is 29.0 Å². The predicted octanol–water partition coefficient (Wildman–Crippen LogP) is 5.31. The van der Waals surface area contributed by atoms with E-state index in [4.69, 9.17) is 23.2 Å². The molecule has 1 amide bonds. The fourth-order valence-corrected chi connectivity index (χ4v) is 3.97. The van der Waals surface area contributed by atoms with Gasteiger partial charge in [0.25, 0.3) is 0 Å². The summed E-state index contributed by atoms with van der Waals surface area (Å²) in [6, 6.07) is 17.0. The molecule has 3 aromatic rings. The van der Waals surface area contributed by atoms with Gasteiger partial charge in [-0.05, 0) is 31.0 Å². The first-order chi connectivity index (χ1) is 14.1. The molecule has 0 aliphatic carbocycles. The highest BCUT2D eigenvalue weighted by atomic mass is 35.5. The van der Waals surface area contributed by atoms with Crippen molar-refractivity contribution in [2.75, 3.05) is 23.3 Å². The molecule has 29 heavy (non-hydrogen) atoms. The standard InChI is InChI=1S/C22H20Cl2N4O/c23-17-8-9-19(18(24)11-17)27-22(29)16-7-4-10-28(13-16)21-12-20(25-14-26-21)15-5-2-1-3-6-15/h1-3,5-6,8-9,11-12,14,16H,4,7,10,13H2,(H,27,29). The molecule has 0 bridgehead atoms. The molecular formula is C22H20Cl2N4O. The molecule has 1 aliphatic rings. The van der Waals surface area contributed by atoms with Crippen molar-refractivity contribution in [3.8, 4) is 11.3 Å². The number of aromatic nitrogens is 2. The summed E-state index contributed by atoms with van der Waals surface area (Å²) >= 11 is 12.1. The summed E-state index contributed by atoms with van der Waals surface area (Å²) in [6.07, 6.45) is 3.32. The van der Waals surface area contributed by atoms with Crippen LogP contribution < -0.4 is 10.2 Å². The van der Waals surface area contributed by atoms with E-state index in [0.717, 1.165) is 36.5 Å². The van der Waals surface area contributed by atoms with Crippen LogP contribution in [0.2, 0.25) is 10.0 Å². The van der Waals surface area contributed by atoms with E-state index in [2.05, 4.69) is 20.2 Å². The van der Waals surface area contributed by atoms with Crippen LogP contribution in [0.5, 0.6) is 0 Å². The molecule has 1 aliphatic heterocycles. The Kier molecular flexibility index (Phi) is 5.97. The number of hydrogen-bond donors (Lipinski definition) is 1. The number of nitrogens with one attached hydrogen (secondary N) is 1. The number of carbonyl (C=O) groups excluding carboxylic acids is 1. The van der Waals surface area contributed by atoms with E-state index in [1.54, 1.807) is 24.5 Å². The zero-order valence-electron chi connectivity index (χ0n) is 15.7. The number of nitrogens with zero attached hydrogens (tertiary/aromatic N) is 3. The normalized spacial score (nSPS) is 16.5. The van der Waals surface area contributed by atoms with E-state index in [0.29, 0.717) is 22.3 Å². The van der Waals surface area contributed by atoms with Gasteiger partial charge in [-0.1, -0.05) is 53.5 Å². The van der Waals surface area contributed by atoms with Crippen LogP contribution >= 0.6 is 23.2 Å². The smallest absolute Gasteiger partial charge is 0.229 e. The first-order valence-electron chi connectivity index (χ1n) is 9.48. The van der Waals surface area contributed by atoms with Gasteiger partial charge in [-0.2, -0.15) is 0 Å². The summed E-state index contributed by atoms with van der Waals surface area (Å²) in [5.74, 6) is 0.641. The maximum Gasteiger partial charge on any atom is 0.229 e. The fraction of sp³-hybridized carbons (Fsp3) is 0.227. The van der Waals surface area contributed by atoms with Gasteiger partial charge in [0, 0.05) is 29.7 Å². The van der Waals surface area contributed by atoms with Gasteiger partial charge >= 0.3 is 0 Å². The minimum atomic E-state index is -0.148. The summed E-state index contributed by atoms with van der Waals surface area (Å²) in [7, 11) is 0. The van der Waals surface area contributed by atoms with Crippen molar-refractivity contribution in [1.29, 1.82) is 0 Å². The van der Waals surface area contributed by atoms with Crippen molar-refractivity contribution in [1.82, 2.24) is 9.97 Å². The summed E-state index contributed by atoms with van der Waals surface area (Å²) < 4.78 is 0. The summed E-state index contributed by atoms with van der Waals surface area (Å²) in [6.45, 7) is 1.46. The monoisotopic (exact) mass is 426 g/mol. The summed E-state index contributed by atoms with van der Waals surface area (Å²) in [5, 5.41) is 3.90. The van der Waals surface area contributed by atoms with Crippen molar-refractivity contribution >= 4 is 40.6 Å². The maximum atomic E-state index is 12.8. The Morgan fingerprint density at radius 3 is 2.69 bits per heavy atom. The molecule has 1 unspecified atom stereocenters. The zero-order valence-corrected chi connectivity index (χ0v) is 17.2. The van der Waals surface area contributed by atoms with Gasteiger partial charge < -0.3 is 10.2 Å². The van der Waals surface area contributed by atoms with Crippen molar-refractivity contribution < 1.29 is 4.79 Å². The molecule has 0 radical (unpaired) electrons. The lowest BCUT2D eigenvalue weighted by atomic mass is 9.97. The third-order valence-corrected chi connectivity index (χ3v) is 5.58. The number of benzene rings is 2. The van der Waals surface area contributed by atoms with Gasteiger partial charge in [0.05, 0.1) is 22.3 Å². The topological polar surface area (TPSA) is 58.1 Å². The van der Waals surface area contributed by atoms with Gasteiger partial charge in [0.2, 0.25) is 5.91 Å². The second-order valence-electron chi connectivity index (χ2n) is 7.03. The summed E-state index contributed by atoms with van der Waals surface area (Å²) in [4.78, 5) is 23.8. The number of carbonyl (C=O) groups is 1. The molecule has 0 saturated carbocycles. The lowest BCUT2D eigenvalue weighted by Gasteiger charge is -2.33. The van der Waals surface area contributed by atoms with Gasteiger partial charge in [-0.25, -0.2) is 9.97 Å². The fourth-order valence-electron chi connectivity index (χ4n) is 3.51. The van der Waals surface area contributed by atoms with Gasteiger partial charge in [-0.15, -0.1) is 0 Å². The van der Waals surface area contributed by atoms with E-state index >= 15 is 0 Å². The molecule has 5 nitrogen and oxygen atoms in total. The van der Waals surface area contributed by atoms with E-state index in [-0.39, 0.29) is 11.8 Å². The second-order valence-corrected chi connectivity index (χ2v) is 7.87. The van der Waals surface area contributed by atoms with Crippen LogP contribution in [0.15, 0.2) is 60.9 Å². The van der Waals surface area contributed by atoms with E-state index in [9.17, 15) is 4.79 Å². The lowest BCUT2D eigenvalue weighted by Crippen LogP contribution is -2.41. The van der Waals surface area contributed by atoms with Crippen LogP contribution in [0.1, 0.15) is 12.8 Å². The van der Waals surface area contributed by atoms with Crippen LogP contribution in [0.25, 0.3) is 11.3 Å². The second kappa shape index (κ2) is 8.80. The lowest BCUT2D eigenvalue weighted by molar-refractivity contribution is -0.120. The molecule has 7 heteroatoms. The Morgan fingerprint density at radius 2 is 1.90 bits per heavy atom. The quantitative estimate of drug-likeness (QED) is 0.614. The molecule has 0 spiro atoms. The molecule has 4 rings (SSSR count).